The molecule has 0 aromatic heterocycles. The summed E-state index contributed by atoms with van der Waals surface area (Å²) in [5, 5.41) is 0. The van der Waals surface area contributed by atoms with Gasteiger partial charge in [0.25, 0.3) is 20.0 Å². The summed E-state index contributed by atoms with van der Waals surface area (Å²) >= 11 is 0. The Labute approximate surface area is 309 Å². The van der Waals surface area contributed by atoms with Crippen LogP contribution in [0.5, 0.6) is 0 Å². The van der Waals surface area contributed by atoms with Gasteiger partial charge in [0.05, 0.1) is 19.6 Å². The minimum atomic E-state index is -4.51. The molecular weight excluding hydrogens is 745 g/mol. The summed E-state index contributed by atoms with van der Waals surface area (Å²) < 4.78 is 113. The molecule has 0 amide bonds. The lowest BCUT2D eigenvalue weighted by molar-refractivity contribution is 0.147. The third-order valence-corrected chi connectivity index (χ3v) is 16.5. The molecule has 0 bridgehead atoms. The molecule has 1 aliphatic heterocycles. The van der Waals surface area contributed by atoms with Crippen LogP contribution in [-0.4, -0.2) is 91.1 Å². The second-order valence-electron chi connectivity index (χ2n) is 12.9. The van der Waals surface area contributed by atoms with Gasteiger partial charge in [-0.05, 0) is 89.1 Å². The van der Waals surface area contributed by atoms with Gasteiger partial charge in [0.1, 0.15) is 0 Å². The van der Waals surface area contributed by atoms with Crippen molar-refractivity contribution in [3.63, 3.8) is 0 Å². The Bertz CT molecular complexity index is 2160. The Morgan fingerprint density at radius 3 is 1.04 bits per heavy atom. The highest BCUT2D eigenvalue weighted by Gasteiger charge is 2.39. The van der Waals surface area contributed by atoms with E-state index in [1.54, 1.807) is 74.5 Å². The number of rotatable bonds is 8. The van der Waals surface area contributed by atoms with Crippen LogP contribution in [0.15, 0.2) is 117 Å². The Balaban J connectivity index is 1.63. The number of sulfonamides is 3. The average molecular weight is 791 g/mol. The molecule has 282 valence electrons. The van der Waals surface area contributed by atoms with Gasteiger partial charge in [-0.3, -0.25) is 9.11 Å². The highest BCUT2D eigenvalue weighted by atomic mass is 32.3. The van der Waals surface area contributed by atoms with Crippen LogP contribution in [-0.2, 0) is 30.1 Å². The number of nitrogens with zero attached hydrogens (tertiary/aromatic N) is 4. The van der Waals surface area contributed by atoms with Gasteiger partial charge in [-0.25, -0.2) is 29.6 Å². The van der Waals surface area contributed by atoms with E-state index in [0.717, 1.165) is 31.1 Å². The molecule has 52 heavy (non-hydrogen) atoms. The summed E-state index contributed by atoms with van der Waals surface area (Å²) in [5.74, 6) is 0. The minimum absolute atomic E-state index is 0.0228. The maximum absolute atomic E-state index is 14.4. The normalized spacial score (nSPS) is 17.7. The highest BCUT2D eigenvalue weighted by molar-refractivity contribution is 8.22. The molecule has 0 spiro atoms. The van der Waals surface area contributed by atoms with Crippen molar-refractivity contribution >= 4 is 40.8 Å². The molecule has 2 N–H and O–H groups in total. The van der Waals surface area contributed by atoms with Crippen LogP contribution in [0.1, 0.15) is 35.1 Å². The summed E-state index contributed by atoms with van der Waals surface area (Å²) in [5.41, 5.74) is 3.37. The quantitative estimate of drug-likeness (QED) is 0.218. The van der Waals surface area contributed by atoms with E-state index in [-0.39, 0.29) is 71.7 Å². The number of benzene rings is 4. The summed E-state index contributed by atoms with van der Waals surface area (Å²) in [4.78, 5) is -0.0206. The lowest BCUT2D eigenvalue weighted by Gasteiger charge is -2.44. The predicted octanol–water partition coefficient (Wildman–Crippen LogP) is 6.03. The molecule has 16 heteroatoms. The first-order valence-electron chi connectivity index (χ1n) is 16.8. The maximum Gasteiger partial charge on any atom is 0.256 e. The molecule has 1 aliphatic rings. The topological polar surface area (TPSA) is 156 Å². The molecule has 1 fully saturated rings. The van der Waals surface area contributed by atoms with Crippen molar-refractivity contribution in [1.82, 2.24) is 17.4 Å². The van der Waals surface area contributed by atoms with Crippen LogP contribution in [0, 0.1) is 27.7 Å². The van der Waals surface area contributed by atoms with Crippen LogP contribution in [0.4, 0.5) is 0 Å². The van der Waals surface area contributed by atoms with Crippen molar-refractivity contribution in [1.29, 1.82) is 0 Å². The molecule has 0 radical (unpaired) electrons. The summed E-state index contributed by atoms with van der Waals surface area (Å²) in [6, 6.07) is 25.1. The fourth-order valence-electron chi connectivity index (χ4n) is 5.80. The zero-order valence-electron chi connectivity index (χ0n) is 29.7. The standard InChI is InChI=1S/C36H46N4O8S4/c1-29-7-15-33(16-8-29)49(41,42)37-23-5-25-39(51(45,46)35-19-11-31(3)12-20-35)40(52(47,48)36-21-13-32(4)14-22-36)26-6-24-38(28-27-37)50(43,44)34-17-9-30(2)10-18-34/h7-22,41-42H,5-6,23-28H2,1-4H3. The van der Waals surface area contributed by atoms with E-state index in [1.165, 1.54) is 45.0 Å². The van der Waals surface area contributed by atoms with E-state index in [0.29, 0.717) is 0 Å². The Morgan fingerprint density at radius 2 is 0.673 bits per heavy atom. The van der Waals surface area contributed by atoms with Crippen molar-refractivity contribution in [2.45, 2.75) is 60.1 Å². The third-order valence-electron chi connectivity index (χ3n) is 8.91. The van der Waals surface area contributed by atoms with Gasteiger partial charge in [-0.15, -0.1) is 19.6 Å². The highest BCUT2D eigenvalue weighted by Crippen LogP contribution is 2.51. The number of hydrogen-bond acceptors (Lipinski definition) is 9. The van der Waals surface area contributed by atoms with Crippen LogP contribution in [0.2, 0.25) is 0 Å². The zero-order chi connectivity index (χ0) is 37.9. The lowest BCUT2D eigenvalue weighted by Crippen LogP contribution is -2.52. The molecule has 12 nitrogen and oxygen atoms in total. The summed E-state index contributed by atoms with van der Waals surface area (Å²) in [7, 11) is -16.9. The van der Waals surface area contributed by atoms with Crippen LogP contribution < -0.4 is 0 Å². The minimum Gasteiger partial charge on any atom is -0.281 e. The molecular formula is C36H46N4O8S4. The van der Waals surface area contributed by atoms with E-state index in [9.17, 15) is 34.4 Å². The maximum atomic E-state index is 14.4. The summed E-state index contributed by atoms with van der Waals surface area (Å²) in [6.07, 6.45) is -0.109. The molecule has 1 heterocycles. The monoisotopic (exact) mass is 790 g/mol. The Hall–Kier alpha value is -3.16. The molecule has 5 rings (SSSR count). The number of hydrogen-bond donors (Lipinski definition) is 2. The van der Waals surface area contributed by atoms with Crippen molar-refractivity contribution < 1.29 is 34.4 Å². The smallest absolute Gasteiger partial charge is 0.256 e. The van der Waals surface area contributed by atoms with Gasteiger partial charge in [-0.2, -0.15) is 4.31 Å². The average Bonchev–Trinajstić information content (AvgIpc) is 3.09. The van der Waals surface area contributed by atoms with Crippen molar-refractivity contribution in [2.75, 3.05) is 39.3 Å². The van der Waals surface area contributed by atoms with Crippen LogP contribution in [0.25, 0.3) is 0 Å². The second-order valence-corrected chi connectivity index (χ2v) is 20.6. The van der Waals surface area contributed by atoms with E-state index in [1.807, 2.05) is 13.8 Å². The van der Waals surface area contributed by atoms with Gasteiger partial charge in [0.2, 0.25) is 10.0 Å². The van der Waals surface area contributed by atoms with E-state index in [2.05, 4.69) is 0 Å². The molecule has 0 atom stereocenters. The van der Waals surface area contributed by atoms with Crippen molar-refractivity contribution in [3.8, 4) is 0 Å². The molecule has 0 saturated carbocycles. The molecule has 4 aromatic rings. The Kier molecular flexibility index (Phi) is 12.4. The van der Waals surface area contributed by atoms with Crippen LogP contribution >= 0.6 is 10.8 Å². The van der Waals surface area contributed by atoms with Gasteiger partial charge >= 0.3 is 0 Å². The first kappa shape index (κ1) is 40.0. The largest absolute Gasteiger partial charge is 0.281 e. The fourth-order valence-corrected chi connectivity index (χ4v) is 12.1. The predicted molar refractivity (Wildman–Crippen MR) is 203 cm³/mol. The van der Waals surface area contributed by atoms with Gasteiger partial charge in [-0.1, -0.05) is 70.8 Å². The van der Waals surface area contributed by atoms with Gasteiger partial charge < -0.3 is 0 Å². The number of aryl methyl sites for hydroxylation is 4. The summed E-state index contributed by atoms with van der Waals surface area (Å²) in [6.45, 7) is 6.08. The van der Waals surface area contributed by atoms with Gasteiger partial charge in [0.15, 0.2) is 0 Å². The molecule has 1 saturated heterocycles. The zero-order valence-corrected chi connectivity index (χ0v) is 32.9. The second kappa shape index (κ2) is 16.1. The first-order valence-corrected chi connectivity index (χ1v) is 22.6. The van der Waals surface area contributed by atoms with Crippen LogP contribution in [0.3, 0.4) is 0 Å². The van der Waals surface area contributed by atoms with Crippen molar-refractivity contribution in [3.05, 3.63) is 119 Å². The van der Waals surface area contributed by atoms with Gasteiger partial charge in [0, 0.05) is 39.3 Å². The fraction of sp³-hybridized carbons (Fsp3) is 0.333. The lowest BCUT2D eigenvalue weighted by atomic mass is 10.2. The van der Waals surface area contributed by atoms with E-state index < -0.39 is 40.8 Å². The number of hydrazine groups is 1. The Morgan fingerprint density at radius 1 is 0.385 bits per heavy atom. The van der Waals surface area contributed by atoms with Crippen molar-refractivity contribution in [2.24, 2.45) is 0 Å². The first-order chi connectivity index (χ1) is 24.4. The van der Waals surface area contributed by atoms with E-state index in [4.69, 9.17) is 0 Å². The SMILES string of the molecule is Cc1ccc(S(O)(O)N2CCCN(S(=O)(=O)c3ccc(C)cc3)N(S(=O)(=O)c3ccc(C)cc3)CCCN(S(=O)(=O)c3ccc(C)cc3)CC2)cc1. The molecule has 4 aromatic carbocycles. The molecule has 0 unspecified atom stereocenters. The third kappa shape index (κ3) is 8.79. The van der Waals surface area contributed by atoms with E-state index >= 15 is 0 Å². The molecule has 0 aliphatic carbocycles.